The van der Waals surface area contributed by atoms with Crippen LogP contribution in [-0.2, 0) is 33.7 Å². The quantitative estimate of drug-likeness (QED) is 0.571. The van der Waals surface area contributed by atoms with Gasteiger partial charge in [-0.25, -0.2) is 9.59 Å². The second kappa shape index (κ2) is 10.6. The van der Waals surface area contributed by atoms with Crippen molar-refractivity contribution in [3.63, 3.8) is 0 Å². The Bertz CT molecular complexity index is 967. The first-order valence-corrected chi connectivity index (χ1v) is 11.2. The van der Waals surface area contributed by atoms with Crippen molar-refractivity contribution < 1.29 is 28.5 Å². The molecule has 0 bridgehead atoms. The van der Waals surface area contributed by atoms with E-state index in [1.165, 1.54) is 10.5 Å². The van der Waals surface area contributed by atoms with Gasteiger partial charge >= 0.3 is 12.1 Å². The van der Waals surface area contributed by atoms with Crippen molar-refractivity contribution in [1.82, 2.24) is 4.90 Å². The lowest BCUT2D eigenvalue weighted by atomic mass is 9.92. The molecular formula is C26H33NO6. The van der Waals surface area contributed by atoms with Crippen molar-refractivity contribution in [2.45, 2.75) is 58.7 Å². The number of hydrogen-bond acceptors (Lipinski definition) is 6. The summed E-state index contributed by atoms with van der Waals surface area (Å²) in [5.41, 5.74) is 2.22. The van der Waals surface area contributed by atoms with Crippen molar-refractivity contribution in [1.29, 1.82) is 0 Å². The standard InChI is InChI=1S/C26H33NO6/c1-6-31-24(28)21-16-20-19(17-27(21)25(29)33-26(2,3)4)12-13-22(30-5)23(20)32-15-14-18-10-8-7-9-11-18/h7-13,21H,6,14-17H2,1-5H3/t21-/m0/s1. The van der Waals surface area contributed by atoms with Crippen LogP contribution in [0.25, 0.3) is 0 Å². The number of amides is 1. The number of ether oxygens (including phenoxy) is 4. The molecule has 7 nitrogen and oxygen atoms in total. The van der Waals surface area contributed by atoms with E-state index in [0.29, 0.717) is 18.1 Å². The summed E-state index contributed by atoms with van der Waals surface area (Å²) in [5, 5.41) is 0. The highest BCUT2D eigenvalue weighted by Crippen LogP contribution is 2.39. The van der Waals surface area contributed by atoms with Crippen LogP contribution >= 0.6 is 0 Å². The van der Waals surface area contributed by atoms with E-state index in [4.69, 9.17) is 18.9 Å². The van der Waals surface area contributed by atoms with Crippen LogP contribution in [0.4, 0.5) is 4.79 Å². The largest absolute Gasteiger partial charge is 0.493 e. The highest BCUT2D eigenvalue weighted by atomic mass is 16.6. The summed E-state index contributed by atoms with van der Waals surface area (Å²) in [6, 6.07) is 13.0. The van der Waals surface area contributed by atoms with E-state index >= 15 is 0 Å². The monoisotopic (exact) mass is 455 g/mol. The van der Waals surface area contributed by atoms with E-state index in [1.807, 2.05) is 30.3 Å². The normalized spacial score (nSPS) is 15.4. The minimum Gasteiger partial charge on any atom is -0.493 e. The first-order valence-electron chi connectivity index (χ1n) is 11.2. The first-order chi connectivity index (χ1) is 15.7. The molecule has 7 heteroatoms. The zero-order chi connectivity index (χ0) is 24.0. The van der Waals surface area contributed by atoms with Crippen LogP contribution in [-0.4, -0.2) is 48.9 Å². The SMILES string of the molecule is CCOC(=O)[C@@H]1Cc2c(ccc(OC)c2OCCc2ccccc2)CN1C(=O)OC(C)(C)C. The molecule has 0 aromatic heterocycles. The summed E-state index contributed by atoms with van der Waals surface area (Å²) in [7, 11) is 1.59. The molecular weight excluding hydrogens is 422 g/mol. The Hall–Kier alpha value is -3.22. The van der Waals surface area contributed by atoms with Gasteiger partial charge in [0.05, 0.1) is 26.9 Å². The average Bonchev–Trinajstić information content (AvgIpc) is 2.78. The van der Waals surface area contributed by atoms with Gasteiger partial charge in [0.15, 0.2) is 11.5 Å². The molecule has 2 aromatic carbocycles. The Morgan fingerprint density at radius 1 is 1.09 bits per heavy atom. The van der Waals surface area contributed by atoms with Crippen molar-refractivity contribution in [3.05, 3.63) is 59.2 Å². The van der Waals surface area contributed by atoms with E-state index in [9.17, 15) is 9.59 Å². The highest BCUT2D eigenvalue weighted by molar-refractivity contribution is 5.83. The molecule has 0 fully saturated rings. The maximum absolute atomic E-state index is 12.9. The van der Waals surface area contributed by atoms with Crippen molar-refractivity contribution in [2.75, 3.05) is 20.3 Å². The molecule has 0 aliphatic carbocycles. The first kappa shape index (κ1) is 24.4. The van der Waals surface area contributed by atoms with Crippen LogP contribution in [0.2, 0.25) is 0 Å². The molecule has 0 unspecified atom stereocenters. The second-order valence-corrected chi connectivity index (χ2v) is 8.90. The fourth-order valence-corrected chi connectivity index (χ4v) is 3.81. The number of nitrogens with zero attached hydrogens (tertiary/aromatic N) is 1. The lowest BCUT2D eigenvalue weighted by molar-refractivity contribution is -0.150. The van der Waals surface area contributed by atoms with E-state index < -0.39 is 23.7 Å². The molecule has 0 saturated heterocycles. The maximum Gasteiger partial charge on any atom is 0.411 e. The van der Waals surface area contributed by atoms with Gasteiger partial charge in [0.25, 0.3) is 0 Å². The van der Waals surface area contributed by atoms with Crippen LogP contribution in [0.1, 0.15) is 44.4 Å². The fourth-order valence-electron chi connectivity index (χ4n) is 3.81. The average molecular weight is 456 g/mol. The molecule has 0 N–H and O–H groups in total. The Morgan fingerprint density at radius 3 is 2.45 bits per heavy atom. The third-order valence-corrected chi connectivity index (χ3v) is 5.32. The van der Waals surface area contributed by atoms with Crippen molar-refractivity contribution >= 4 is 12.1 Å². The molecule has 3 rings (SSSR count). The highest BCUT2D eigenvalue weighted by Gasteiger charge is 2.39. The van der Waals surface area contributed by atoms with E-state index in [2.05, 4.69) is 12.1 Å². The molecule has 33 heavy (non-hydrogen) atoms. The predicted octanol–water partition coefficient (Wildman–Crippen LogP) is 4.54. The molecule has 178 valence electrons. The molecule has 2 aromatic rings. The minimum absolute atomic E-state index is 0.215. The predicted molar refractivity (Wildman–Crippen MR) is 125 cm³/mol. The number of esters is 1. The molecule has 1 aliphatic heterocycles. The van der Waals surface area contributed by atoms with E-state index in [1.54, 1.807) is 34.8 Å². The number of methoxy groups -OCH3 is 1. The summed E-state index contributed by atoms with van der Waals surface area (Å²) < 4.78 is 22.6. The Morgan fingerprint density at radius 2 is 1.82 bits per heavy atom. The molecule has 0 spiro atoms. The van der Waals surface area contributed by atoms with Gasteiger partial charge in [0.1, 0.15) is 11.6 Å². The third-order valence-electron chi connectivity index (χ3n) is 5.32. The minimum atomic E-state index is -0.809. The van der Waals surface area contributed by atoms with Gasteiger partial charge in [0, 0.05) is 18.4 Å². The smallest absolute Gasteiger partial charge is 0.411 e. The molecule has 1 aliphatic rings. The number of fused-ring (bicyclic) bond motifs is 1. The number of hydrogen-bond donors (Lipinski definition) is 0. The van der Waals surface area contributed by atoms with Crippen molar-refractivity contribution in [2.24, 2.45) is 0 Å². The van der Waals surface area contributed by atoms with Crippen molar-refractivity contribution in [3.8, 4) is 11.5 Å². The topological polar surface area (TPSA) is 74.3 Å². The number of rotatable bonds is 7. The summed E-state index contributed by atoms with van der Waals surface area (Å²) in [6.07, 6.45) is 0.443. The third kappa shape index (κ3) is 6.18. The van der Waals surface area contributed by atoms with Gasteiger partial charge in [-0.3, -0.25) is 4.90 Å². The summed E-state index contributed by atoms with van der Waals surface area (Å²) in [4.78, 5) is 27.2. The van der Waals surface area contributed by atoms with E-state index in [-0.39, 0.29) is 19.6 Å². The van der Waals surface area contributed by atoms with E-state index in [0.717, 1.165) is 17.5 Å². The van der Waals surface area contributed by atoms with Gasteiger partial charge < -0.3 is 18.9 Å². The summed E-state index contributed by atoms with van der Waals surface area (Å²) >= 11 is 0. The zero-order valence-electron chi connectivity index (χ0n) is 20.1. The van der Waals surface area contributed by atoms with Gasteiger partial charge in [0.2, 0.25) is 0 Å². The van der Waals surface area contributed by atoms with Gasteiger partial charge in [-0.1, -0.05) is 36.4 Å². The maximum atomic E-state index is 12.9. The number of carbonyl (C=O) groups is 2. The molecule has 0 radical (unpaired) electrons. The van der Waals surface area contributed by atoms with Gasteiger partial charge in [-0.15, -0.1) is 0 Å². The molecule has 1 atom stereocenters. The Kier molecular flexibility index (Phi) is 7.84. The van der Waals surface area contributed by atoms with Crippen LogP contribution in [0.3, 0.4) is 0 Å². The summed E-state index contributed by atoms with van der Waals surface area (Å²) in [6.45, 7) is 8.03. The number of carbonyl (C=O) groups excluding carboxylic acids is 2. The van der Waals surface area contributed by atoms with Crippen LogP contribution in [0.15, 0.2) is 42.5 Å². The number of benzene rings is 2. The molecule has 1 heterocycles. The summed E-state index contributed by atoms with van der Waals surface area (Å²) in [5.74, 6) is 0.728. The second-order valence-electron chi connectivity index (χ2n) is 8.90. The van der Waals surface area contributed by atoms with Crippen LogP contribution in [0.5, 0.6) is 11.5 Å². The fraction of sp³-hybridized carbons (Fsp3) is 0.462. The lowest BCUT2D eigenvalue weighted by Gasteiger charge is -2.37. The van der Waals surface area contributed by atoms with Crippen LogP contribution < -0.4 is 9.47 Å². The zero-order valence-corrected chi connectivity index (χ0v) is 20.1. The van der Waals surface area contributed by atoms with Crippen LogP contribution in [0, 0.1) is 0 Å². The lowest BCUT2D eigenvalue weighted by Crippen LogP contribution is -2.50. The molecule has 0 saturated carbocycles. The van der Waals surface area contributed by atoms with Gasteiger partial charge in [-0.05, 0) is 44.9 Å². The Labute approximate surface area is 195 Å². The Balaban J connectivity index is 1.89. The van der Waals surface area contributed by atoms with Gasteiger partial charge in [-0.2, -0.15) is 0 Å². The molecule has 1 amide bonds.